The number of nitrogens with zero attached hydrogens (tertiary/aromatic N) is 1. The lowest BCUT2D eigenvalue weighted by molar-refractivity contribution is 0.415. The third-order valence-electron chi connectivity index (χ3n) is 3.17. The quantitative estimate of drug-likeness (QED) is 0.689. The van der Waals surface area contributed by atoms with Crippen molar-refractivity contribution in [3.8, 4) is 17.2 Å². The monoisotopic (exact) mass is 253 g/mol. The number of methoxy groups -OCH3 is 1. The van der Waals surface area contributed by atoms with Gasteiger partial charge in [0.05, 0.1) is 7.11 Å². The highest BCUT2D eigenvalue weighted by Crippen LogP contribution is 2.28. The molecule has 3 aromatic rings. The molecule has 0 saturated heterocycles. The maximum Gasteiger partial charge on any atom is 0.227 e. The van der Waals surface area contributed by atoms with Crippen LogP contribution in [0.1, 0.15) is 11.1 Å². The van der Waals surface area contributed by atoms with Gasteiger partial charge < -0.3 is 9.15 Å². The molecule has 19 heavy (non-hydrogen) atoms. The Balaban J connectivity index is 2.12. The van der Waals surface area contributed by atoms with Gasteiger partial charge in [0.1, 0.15) is 11.3 Å². The van der Waals surface area contributed by atoms with Gasteiger partial charge in [-0.05, 0) is 55.3 Å². The minimum Gasteiger partial charge on any atom is -0.497 e. The van der Waals surface area contributed by atoms with Crippen molar-refractivity contribution in [1.82, 2.24) is 4.98 Å². The lowest BCUT2D eigenvalue weighted by atomic mass is 10.1. The van der Waals surface area contributed by atoms with Crippen LogP contribution in [0.2, 0.25) is 0 Å². The molecule has 0 N–H and O–H groups in total. The second-order valence-corrected chi connectivity index (χ2v) is 4.68. The standard InChI is InChI=1S/C16H15NO2/c1-10-8-11(2)15-14(9-10)19-16(17-15)12-4-6-13(18-3)7-5-12/h4-9H,1-3H3. The first-order chi connectivity index (χ1) is 9.17. The van der Waals surface area contributed by atoms with E-state index in [-0.39, 0.29) is 0 Å². The van der Waals surface area contributed by atoms with Crippen LogP contribution in [0.4, 0.5) is 0 Å². The van der Waals surface area contributed by atoms with Crippen LogP contribution in [-0.4, -0.2) is 12.1 Å². The molecule has 0 radical (unpaired) electrons. The molecular weight excluding hydrogens is 238 g/mol. The SMILES string of the molecule is COc1ccc(-c2nc3c(C)cc(C)cc3o2)cc1. The first-order valence-corrected chi connectivity index (χ1v) is 6.19. The van der Waals surface area contributed by atoms with Crippen LogP contribution < -0.4 is 4.74 Å². The first kappa shape index (κ1) is 11.8. The predicted molar refractivity (Wildman–Crippen MR) is 75.5 cm³/mol. The zero-order valence-electron chi connectivity index (χ0n) is 11.2. The average molecular weight is 253 g/mol. The Morgan fingerprint density at radius 3 is 2.47 bits per heavy atom. The van der Waals surface area contributed by atoms with Gasteiger partial charge in [-0.3, -0.25) is 0 Å². The average Bonchev–Trinajstić information content (AvgIpc) is 2.83. The van der Waals surface area contributed by atoms with E-state index in [4.69, 9.17) is 9.15 Å². The molecule has 0 spiro atoms. The molecular formula is C16H15NO2. The van der Waals surface area contributed by atoms with Crippen molar-refractivity contribution in [3.05, 3.63) is 47.5 Å². The molecule has 0 fully saturated rings. The highest BCUT2D eigenvalue weighted by atomic mass is 16.5. The Morgan fingerprint density at radius 2 is 1.79 bits per heavy atom. The van der Waals surface area contributed by atoms with Gasteiger partial charge in [0, 0.05) is 5.56 Å². The lowest BCUT2D eigenvalue weighted by Crippen LogP contribution is -1.83. The number of benzene rings is 2. The Labute approximate surface area is 111 Å². The van der Waals surface area contributed by atoms with E-state index in [2.05, 4.69) is 24.9 Å². The number of ether oxygens (including phenoxy) is 1. The van der Waals surface area contributed by atoms with Gasteiger partial charge in [-0.25, -0.2) is 4.98 Å². The highest BCUT2D eigenvalue weighted by molar-refractivity contribution is 5.80. The molecule has 0 aliphatic carbocycles. The summed E-state index contributed by atoms with van der Waals surface area (Å²) in [5.41, 5.74) is 5.04. The highest BCUT2D eigenvalue weighted by Gasteiger charge is 2.10. The fourth-order valence-electron chi connectivity index (χ4n) is 2.23. The van der Waals surface area contributed by atoms with Gasteiger partial charge in [-0.1, -0.05) is 6.07 Å². The Hall–Kier alpha value is -2.29. The van der Waals surface area contributed by atoms with Crippen LogP contribution in [0.3, 0.4) is 0 Å². The summed E-state index contributed by atoms with van der Waals surface area (Å²) in [6, 6.07) is 11.8. The molecule has 0 aliphatic heterocycles. The van der Waals surface area contributed by atoms with E-state index in [1.807, 2.05) is 30.3 Å². The lowest BCUT2D eigenvalue weighted by Gasteiger charge is -1.99. The van der Waals surface area contributed by atoms with Crippen LogP contribution in [0.15, 0.2) is 40.8 Å². The van der Waals surface area contributed by atoms with Crippen molar-refractivity contribution in [2.75, 3.05) is 7.11 Å². The van der Waals surface area contributed by atoms with Crippen LogP contribution in [0, 0.1) is 13.8 Å². The molecule has 96 valence electrons. The van der Waals surface area contributed by atoms with Gasteiger partial charge in [-0.2, -0.15) is 0 Å². The predicted octanol–water partition coefficient (Wildman–Crippen LogP) is 4.12. The summed E-state index contributed by atoms with van der Waals surface area (Å²) >= 11 is 0. The summed E-state index contributed by atoms with van der Waals surface area (Å²) in [5, 5.41) is 0. The molecule has 1 heterocycles. The Kier molecular flexibility index (Phi) is 2.75. The largest absolute Gasteiger partial charge is 0.497 e. The molecule has 0 amide bonds. The van der Waals surface area contributed by atoms with Crippen LogP contribution in [-0.2, 0) is 0 Å². The molecule has 0 atom stereocenters. The number of hydrogen-bond acceptors (Lipinski definition) is 3. The number of aryl methyl sites for hydroxylation is 2. The van der Waals surface area contributed by atoms with Gasteiger partial charge in [0.2, 0.25) is 5.89 Å². The Bertz CT molecular complexity index is 726. The van der Waals surface area contributed by atoms with Crippen LogP contribution >= 0.6 is 0 Å². The number of hydrogen-bond donors (Lipinski definition) is 0. The van der Waals surface area contributed by atoms with Gasteiger partial charge >= 0.3 is 0 Å². The first-order valence-electron chi connectivity index (χ1n) is 6.19. The summed E-state index contributed by atoms with van der Waals surface area (Å²) in [7, 11) is 1.65. The van der Waals surface area contributed by atoms with Gasteiger partial charge in [-0.15, -0.1) is 0 Å². The van der Waals surface area contributed by atoms with E-state index in [0.717, 1.165) is 28.0 Å². The fraction of sp³-hybridized carbons (Fsp3) is 0.188. The minimum absolute atomic E-state index is 0.645. The molecule has 0 saturated carbocycles. The van der Waals surface area contributed by atoms with E-state index >= 15 is 0 Å². The molecule has 0 bridgehead atoms. The molecule has 0 unspecified atom stereocenters. The molecule has 1 aromatic heterocycles. The summed E-state index contributed by atoms with van der Waals surface area (Å²) in [4.78, 5) is 4.57. The maximum atomic E-state index is 5.84. The van der Waals surface area contributed by atoms with E-state index in [9.17, 15) is 0 Å². The number of oxazole rings is 1. The zero-order chi connectivity index (χ0) is 13.4. The molecule has 3 rings (SSSR count). The van der Waals surface area contributed by atoms with Gasteiger partial charge in [0.15, 0.2) is 5.58 Å². The molecule has 2 aromatic carbocycles. The fourth-order valence-corrected chi connectivity index (χ4v) is 2.23. The van der Waals surface area contributed by atoms with Crippen molar-refractivity contribution in [2.24, 2.45) is 0 Å². The summed E-state index contributed by atoms with van der Waals surface area (Å²) < 4.78 is 11.0. The summed E-state index contributed by atoms with van der Waals surface area (Å²) in [5.74, 6) is 1.47. The van der Waals surface area contributed by atoms with E-state index < -0.39 is 0 Å². The van der Waals surface area contributed by atoms with Crippen LogP contribution in [0.5, 0.6) is 5.75 Å². The maximum absolute atomic E-state index is 5.84. The normalized spacial score (nSPS) is 10.9. The van der Waals surface area contributed by atoms with E-state index in [0.29, 0.717) is 5.89 Å². The second kappa shape index (κ2) is 4.43. The van der Waals surface area contributed by atoms with Crippen molar-refractivity contribution in [1.29, 1.82) is 0 Å². The third-order valence-corrected chi connectivity index (χ3v) is 3.17. The topological polar surface area (TPSA) is 35.3 Å². The van der Waals surface area contributed by atoms with Crippen molar-refractivity contribution >= 4 is 11.1 Å². The molecule has 0 aliphatic rings. The molecule has 3 heteroatoms. The third kappa shape index (κ3) is 2.08. The zero-order valence-corrected chi connectivity index (χ0v) is 11.2. The molecule has 3 nitrogen and oxygen atoms in total. The minimum atomic E-state index is 0.645. The van der Waals surface area contributed by atoms with Crippen molar-refractivity contribution in [3.63, 3.8) is 0 Å². The van der Waals surface area contributed by atoms with Crippen LogP contribution in [0.25, 0.3) is 22.6 Å². The summed E-state index contributed by atoms with van der Waals surface area (Å²) in [6.45, 7) is 4.11. The number of fused-ring (bicyclic) bond motifs is 1. The van der Waals surface area contributed by atoms with Crippen molar-refractivity contribution in [2.45, 2.75) is 13.8 Å². The number of rotatable bonds is 2. The number of aromatic nitrogens is 1. The van der Waals surface area contributed by atoms with E-state index in [1.165, 1.54) is 5.56 Å². The van der Waals surface area contributed by atoms with Gasteiger partial charge in [0.25, 0.3) is 0 Å². The van der Waals surface area contributed by atoms with Crippen molar-refractivity contribution < 1.29 is 9.15 Å². The van der Waals surface area contributed by atoms with E-state index in [1.54, 1.807) is 7.11 Å². The second-order valence-electron chi connectivity index (χ2n) is 4.68. The smallest absolute Gasteiger partial charge is 0.227 e. The summed E-state index contributed by atoms with van der Waals surface area (Å²) in [6.07, 6.45) is 0. The Morgan fingerprint density at radius 1 is 1.05 bits per heavy atom.